The number of thiazole rings is 1. The van der Waals surface area contributed by atoms with Crippen LogP contribution in [0.15, 0.2) is 59.6 Å². The predicted molar refractivity (Wildman–Crippen MR) is 140 cm³/mol. The summed E-state index contributed by atoms with van der Waals surface area (Å²) in [6.07, 6.45) is 4.55. The van der Waals surface area contributed by atoms with Crippen molar-refractivity contribution in [2.45, 2.75) is 26.7 Å². The molecule has 1 fully saturated rings. The van der Waals surface area contributed by atoms with Gasteiger partial charge in [-0.1, -0.05) is 83.6 Å². The summed E-state index contributed by atoms with van der Waals surface area (Å²) in [5.41, 5.74) is 4.54. The van der Waals surface area contributed by atoms with Gasteiger partial charge < -0.3 is 5.32 Å². The van der Waals surface area contributed by atoms with Crippen LogP contribution in [0.25, 0.3) is 6.08 Å². The fourth-order valence-electron chi connectivity index (χ4n) is 3.26. The number of carbonyl (C=O) groups is 2. The van der Waals surface area contributed by atoms with Crippen molar-refractivity contribution >= 4 is 62.7 Å². The first-order valence-corrected chi connectivity index (χ1v) is 12.5. The first-order chi connectivity index (χ1) is 15.9. The van der Waals surface area contributed by atoms with E-state index in [1.165, 1.54) is 39.1 Å². The lowest BCUT2D eigenvalue weighted by molar-refractivity contribution is -0.122. The molecule has 1 N–H and O–H groups in total. The van der Waals surface area contributed by atoms with E-state index in [0.29, 0.717) is 14.4 Å². The number of anilines is 1. The summed E-state index contributed by atoms with van der Waals surface area (Å²) in [7, 11) is 0. The summed E-state index contributed by atoms with van der Waals surface area (Å²) in [6.45, 7) is 4.32. The van der Waals surface area contributed by atoms with Gasteiger partial charge in [-0.25, -0.2) is 4.98 Å². The molecule has 5 nitrogen and oxygen atoms in total. The Kier molecular flexibility index (Phi) is 7.37. The van der Waals surface area contributed by atoms with Crippen molar-refractivity contribution in [1.82, 2.24) is 9.88 Å². The second-order valence-electron chi connectivity index (χ2n) is 7.84. The standard InChI is InChI=1S/C25H23N3O2S3/c1-16-3-7-18(8-4-16)13-20-15-26-24(32-20)27-22(29)11-12-28-23(30)21(33-25(28)31)14-19-9-5-17(2)6-10-19/h3-10,14-15H,11-13H2,1-2H3,(H,26,27,29)/b21-14-. The Morgan fingerprint density at radius 2 is 1.76 bits per heavy atom. The number of thioether (sulfide) groups is 1. The van der Waals surface area contributed by atoms with E-state index in [1.807, 2.05) is 37.3 Å². The zero-order valence-corrected chi connectivity index (χ0v) is 20.8. The zero-order chi connectivity index (χ0) is 23.4. The molecule has 2 aromatic carbocycles. The van der Waals surface area contributed by atoms with E-state index in [4.69, 9.17) is 12.2 Å². The van der Waals surface area contributed by atoms with E-state index in [-0.39, 0.29) is 24.8 Å². The SMILES string of the molecule is Cc1ccc(/C=C2\SC(=S)N(CCC(=O)Nc3ncc(Cc4ccc(C)cc4)s3)C2=O)cc1. The number of hydrogen-bond acceptors (Lipinski definition) is 6. The third-order valence-electron chi connectivity index (χ3n) is 5.11. The molecule has 0 radical (unpaired) electrons. The maximum Gasteiger partial charge on any atom is 0.266 e. The van der Waals surface area contributed by atoms with Gasteiger partial charge in [0.25, 0.3) is 5.91 Å². The molecule has 3 aromatic rings. The van der Waals surface area contributed by atoms with E-state index < -0.39 is 0 Å². The van der Waals surface area contributed by atoms with Crippen LogP contribution in [0.3, 0.4) is 0 Å². The lowest BCUT2D eigenvalue weighted by Crippen LogP contribution is -2.31. The van der Waals surface area contributed by atoms with Crippen molar-refractivity contribution in [3.8, 4) is 0 Å². The van der Waals surface area contributed by atoms with Crippen molar-refractivity contribution in [1.29, 1.82) is 0 Å². The number of nitrogens with zero attached hydrogens (tertiary/aromatic N) is 2. The van der Waals surface area contributed by atoms with Crippen molar-refractivity contribution < 1.29 is 9.59 Å². The van der Waals surface area contributed by atoms with Crippen molar-refractivity contribution in [2.24, 2.45) is 0 Å². The number of rotatable bonds is 7. The maximum atomic E-state index is 12.8. The Bertz CT molecular complexity index is 1210. The van der Waals surface area contributed by atoms with Crippen LogP contribution in [-0.2, 0) is 16.0 Å². The Hall–Kier alpha value is -2.81. The average Bonchev–Trinajstić information content (AvgIpc) is 3.33. The smallest absolute Gasteiger partial charge is 0.266 e. The number of aryl methyl sites for hydroxylation is 2. The fraction of sp³-hybridized carbons (Fsp3) is 0.200. The van der Waals surface area contributed by atoms with Crippen molar-refractivity contribution in [2.75, 3.05) is 11.9 Å². The van der Waals surface area contributed by atoms with Gasteiger partial charge >= 0.3 is 0 Å². The van der Waals surface area contributed by atoms with Gasteiger partial charge in [0.05, 0.1) is 4.91 Å². The number of nitrogens with one attached hydrogen (secondary N) is 1. The summed E-state index contributed by atoms with van der Waals surface area (Å²) in [6, 6.07) is 16.3. The van der Waals surface area contributed by atoms with Crippen LogP contribution in [-0.4, -0.2) is 32.6 Å². The minimum atomic E-state index is -0.192. The average molecular weight is 494 g/mol. The highest BCUT2D eigenvalue weighted by atomic mass is 32.2. The quantitative estimate of drug-likeness (QED) is 0.344. The number of benzene rings is 2. The topological polar surface area (TPSA) is 62.3 Å². The number of hydrogen-bond donors (Lipinski definition) is 1. The lowest BCUT2D eigenvalue weighted by atomic mass is 10.1. The van der Waals surface area contributed by atoms with Gasteiger partial charge in [0.2, 0.25) is 5.91 Å². The highest BCUT2D eigenvalue weighted by Gasteiger charge is 2.32. The monoisotopic (exact) mass is 493 g/mol. The molecule has 2 amide bonds. The largest absolute Gasteiger partial charge is 0.302 e. The van der Waals surface area contributed by atoms with Gasteiger partial charge in [-0.05, 0) is 31.1 Å². The summed E-state index contributed by atoms with van der Waals surface area (Å²) in [5.74, 6) is -0.351. The predicted octanol–water partition coefficient (Wildman–Crippen LogP) is 5.58. The maximum absolute atomic E-state index is 12.8. The summed E-state index contributed by atoms with van der Waals surface area (Å²) in [5, 5.41) is 3.39. The molecule has 1 saturated heterocycles. The van der Waals surface area contributed by atoms with E-state index >= 15 is 0 Å². The van der Waals surface area contributed by atoms with Crippen LogP contribution in [0.5, 0.6) is 0 Å². The highest BCUT2D eigenvalue weighted by molar-refractivity contribution is 8.26. The normalized spacial score (nSPS) is 14.8. The minimum absolute atomic E-state index is 0.150. The fourth-order valence-corrected chi connectivity index (χ4v) is 5.43. The van der Waals surface area contributed by atoms with Gasteiger partial charge in [0.15, 0.2) is 5.13 Å². The molecule has 4 rings (SSSR count). The molecular formula is C25H23N3O2S3. The number of thiocarbonyl (C=S) groups is 1. The van der Waals surface area contributed by atoms with Gasteiger partial charge in [-0.3, -0.25) is 14.5 Å². The first-order valence-electron chi connectivity index (χ1n) is 10.5. The molecule has 0 atom stereocenters. The van der Waals surface area contributed by atoms with E-state index in [2.05, 4.69) is 41.5 Å². The molecule has 1 aliphatic rings. The number of aromatic nitrogens is 1. The highest BCUT2D eigenvalue weighted by Crippen LogP contribution is 2.32. The van der Waals surface area contributed by atoms with E-state index in [9.17, 15) is 9.59 Å². The molecule has 1 aliphatic heterocycles. The summed E-state index contributed by atoms with van der Waals surface area (Å²) >= 11 is 8.10. The van der Waals surface area contributed by atoms with E-state index in [0.717, 1.165) is 22.4 Å². The molecule has 0 unspecified atom stereocenters. The van der Waals surface area contributed by atoms with Crippen molar-refractivity contribution in [3.63, 3.8) is 0 Å². The van der Waals surface area contributed by atoms with Crippen LogP contribution >= 0.6 is 35.3 Å². The van der Waals surface area contributed by atoms with Crippen LogP contribution < -0.4 is 5.32 Å². The van der Waals surface area contributed by atoms with Crippen LogP contribution in [0.4, 0.5) is 5.13 Å². The van der Waals surface area contributed by atoms with Gasteiger partial charge in [-0.15, -0.1) is 11.3 Å². The molecule has 0 spiro atoms. The molecule has 33 heavy (non-hydrogen) atoms. The summed E-state index contributed by atoms with van der Waals surface area (Å²) in [4.78, 5) is 32.7. The molecule has 2 heterocycles. The molecule has 0 bridgehead atoms. The molecular weight excluding hydrogens is 470 g/mol. The zero-order valence-electron chi connectivity index (χ0n) is 18.3. The number of amides is 2. The third-order valence-corrected chi connectivity index (χ3v) is 7.40. The van der Waals surface area contributed by atoms with Gasteiger partial charge in [0.1, 0.15) is 4.32 Å². The second-order valence-corrected chi connectivity index (χ2v) is 10.6. The Balaban J connectivity index is 1.30. The van der Waals surface area contributed by atoms with Crippen LogP contribution in [0, 0.1) is 13.8 Å². The number of carbonyl (C=O) groups excluding carboxylic acids is 2. The van der Waals surface area contributed by atoms with Gasteiger partial charge in [0, 0.05) is 30.5 Å². The molecule has 8 heteroatoms. The molecule has 0 saturated carbocycles. The molecule has 1 aromatic heterocycles. The Labute approximate surface area is 206 Å². The molecule has 0 aliphatic carbocycles. The minimum Gasteiger partial charge on any atom is -0.302 e. The van der Waals surface area contributed by atoms with Gasteiger partial charge in [-0.2, -0.15) is 0 Å². The van der Waals surface area contributed by atoms with Crippen LogP contribution in [0.2, 0.25) is 0 Å². The summed E-state index contributed by atoms with van der Waals surface area (Å²) < 4.78 is 0.473. The van der Waals surface area contributed by atoms with Crippen molar-refractivity contribution in [3.05, 3.63) is 86.8 Å². The molecule has 168 valence electrons. The first kappa shape index (κ1) is 23.4. The Morgan fingerprint density at radius 3 is 2.45 bits per heavy atom. The lowest BCUT2D eigenvalue weighted by Gasteiger charge is -2.13. The second kappa shape index (κ2) is 10.4. The van der Waals surface area contributed by atoms with E-state index in [1.54, 1.807) is 6.20 Å². The third kappa shape index (κ3) is 6.16. The van der Waals surface area contributed by atoms with Crippen LogP contribution in [0.1, 0.15) is 33.6 Å². The Morgan fingerprint density at radius 1 is 1.09 bits per heavy atom.